The SMILES string of the molecule is CC(C)CCC[C@@H](C)[C@H]1CC[C@H]2[C@@H]3CC=C4C[C@@H](OC(=O)NCCc5ccccc5)CC[C@]4(C)[C@H]3CC[C@]12C. The Labute approximate surface area is 238 Å². The van der Waals surface area contributed by atoms with Crippen LogP contribution in [-0.4, -0.2) is 18.7 Å². The number of benzene rings is 1. The number of allylic oxidation sites excluding steroid dienone is 1. The van der Waals surface area contributed by atoms with Crippen LogP contribution in [0, 0.1) is 46.3 Å². The highest BCUT2D eigenvalue weighted by Gasteiger charge is 2.59. The monoisotopic (exact) mass is 533 g/mol. The highest BCUT2D eigenvalue weighted by atomic mass is 16.6. The van der Waals surface area contributed by atoms with E-state index in [-0.39, 0.29) is 12.2 Å². The van der Waals surface area contributed by atoms with E-state index >= 15 is 0 Å². The van der Waals surface area contributed by atoms with Gasteiger partial charge in [-0.2, -0.15) is 0 Å². The van der Waals surface area contributed by atoms with Crippen molar-refractivity contribution in [3.63, 3.8) is 0 Å². The molecule has 0 unspecified atom stereocenters. The number of hydrogen-bond donors (Lipinski definition) is 1. The van der Waals surface area contributed by atoms with Crippen LogP contribution in [0.5, 0.6) is 0 Å². The minimum Gasteiger partial charge on any atom is -0.446 e. The quantitative estimate of drug-likeness (QED) is 0.321. The van der Waals surface area contributed by atoms with Gasteiger partial charge in [0.05, 0.1) is 0 Å². The van der Waals surface area contributed by atoms with E-state index in [9.17, 15) is 4.79 Å². The Morgan fingerprint density at radius 1 is 1.00 bits per heavy atom. The Bertz CT molecular complexity index is 1000. The van der Waals surface area contributed by atoms with Crippen LogP contribution in [0.1, 0.15) is 111 Å². The van der Waals surface area contributed by atoms with Crippen LogP contribution in [0.25, 0.3) is 0 Å². The normalized spacial score (nSPS) is 36.4. The van der Waals surface area contributed by atoms with Crippen molar-refractivity contribution in [1.82, 2.24) is 5.32 Å². The summed E-state index contributed by atoms with van der Waals surface area (Å²) in [6, 6.07) is 10.3. The maximum absolute atomic E-state index is 12.6. The molecule has 3 fully saturated rings. The third-order valence-corrected chi connectivity index (χ3v) is 12.1. The first-order valence-electron chi connectivity index (χ1n) is 16.4. The smallest absolute Gasteiger partial charge is 0.407 e. The van der Waals surface area contributed by atoms with Gasteiger partial charge in [-0.15, -0.1) is 0 Å². The van der Waals surface area contributed by atoms with Crippen LogP contribution in [0.15, 0.2) is 42.0 Å². The minimum absolute atomic E-state index is 0.0222. The van der Waals surface area contributed by atoms with Crippen LogP contribution < -0.4 is 5.32 Å². The van der Waals surface area contributed by atoms with Gasteiger partial charge in [0.1, 0.15) is 6.10 Å². The Morgan fingerprint density at radius 2 is 1.79 bits per heavy atom. The zero-order valence-electron chi connectivity index (χ0n) is 25.5. The topological polar surface area (TPSA) is 38.3 Å². The highest BCUT2D eigenvalue weighted by Crippen LogP contribution is 2.67. The fourth-order valence-electron chi connectivity index (χ4n) is 9.90. The summed E-state index contributed by atoms with van der Waals surface area (Å²) in [6.07, 6.45) is 17.5. The van der Waals surface area contributed by atoms with Gasteiger partial charge in [0.2, 0.25) is 0 Å². The summed E-state index contributed by atoms with van der Waals surface area (Å²) in [5, 5.41) is 2.99. The van der Waals surface area contributed by atoms with Gasteiger partial charge in [0.25, 0.3) is 0 Å². The molecule has 39 heavy (non-hydrogen) atoms. The molecule has 0 aliphatic heterocycles. The summed E-state index contributed by atoms with van der Waals surface area (Å²) in [7, 11) is 0. The van der Waals surface area contributed by atoms with Crippen molar-refractivity contribution >= 4 is 6.09 Å². The van der Waals surface area contributed by atoms with Gasteiger partial charge in [0, 0.05) is 13.0 Å². The highest BCUT2D eigenvalue weighted by molar-refractivity contribution is 5.67. The van der Waals surface area contributed by atoms with Crippen LogP contribution in [0.3, 0.4) is 0 Å². The first-order valence-corrected chi connectivity index (χ1v) is 16.4. The van der Waals surface area contributed by atoms with Gasteiger partial charge in [-0.05, 0) is 103 Å². The molecule has 5 rings (SSSR count). The van der Waals surface area contributed by atoms with Crippen molar-refractivity contribution in [2.24, 2.45) is 46.3 Å². The van der Waals surface area contributed by atoms with Crippen molar-refractivity contribution in [2.75, 3.05) is 6.54 Å². The Balaban J connectivity index is 1.16. The number of nitrogens with one attached hydrogen (secondary N) is 1. The molecule has 8 atom stereocenters. The molecule has 3 saturated carbocycles. The summed E-state index contributed by atoms with van der Waals surface area (Å²) in [4.78, 5) is 12.6. The molecule has 0 saturated heterocycles. The van der Waals surface area contributed by atoms with E-state index in [4.69, 9.17) is 4.74 Å². The van der Waals surface area contributed by atoms with Crippen molar-refractivity contribution in [2.45, 2.75) is 118 Å². The fraction of sp³-hybridized carbons (Fsp3) is 0.750. The summed E-state index contributed by atoms with van der Waals surface area (Å²) in [6.45, 7) is 13.2. The van der Waals surface area contributed by atoms with Gasteiger partial charge in [-0.3, -0.25) is 0 Å². The van der Waals surface area contributed by atoms with E-state index in [0.717, 1.165) is 54.8 Å². The maximum Gasteiger partial charge on any atom is 0.407 e. The minimum atomic E-state index is -0.248. The molecule has 4 aliphatic carbocycles. The lowest BCUT2D eigenvalue weighted by Gasteiger charge is -2.58. The number of rotatable bonds is 9. The van der Waals surface area contributed by atoms with Gasteiger partial charge in [0.15, 0.2) is 0 Å². The van der Waals surface area contributed by atoms with Crippen LogP contribution in [0.4, 0.5) is 4.79 Å². The molecular formula is C36H55NO2. The second kappa shape index (κ2) is 12.0. The summed E-state index contributed by atoms with van der Waals surface area (Å²) in [5.74, 6) is 5.17. The van der Waals surface area contributed by atoms with Gasteiger partial charge in [-0.1, -0.05) is 95.9 Å². The van der Waals surface area contributed by atoms with E-state index in [1.165, 1.54) is 63.4 Å². The van der Waals surface area contributed by atoms with Gasteiger partial charge >= 0.3 is 6.09 Å². The molecule has 1 aromatic carbocycles. The Hall–Kier alpha value is -1.77. The van der Waals surface area contributed by atoms with Crippen molar-refractivity contribution < 1.29 is 9.53 Å². The lowest BCUT2D eigenvalue weighted by atomic mass is 9.47. The first kappa shape index (κ1) is 28.7. The fourth-order valence-corrected chi connectivity index (χ4v) is 9.90. The van der Waals surface area contributed by atoms with E-state index in [2.05, 4.69) is 58.1 Å². The average Bonchev–Trinajstić information content (AvgIpc) is 3.26. The van der Waals surface area contributed by atoms with E-state index in [1.807, 2.05) is 18.2 Å². The van der Waals surface area contributed by atoms with Gasteiger partial charge < -0.3 is 10.1 Å². The molecule has 216 valence electrons. The Morgan fingerprint density at radius 3 is 2.56 bits per heavy atom. The summed E-state index contributed by atoms with van der Waals surface area (Å²) >= 11 is 0. The largest absolute Gasteiger partial charge is 0.446 e. The standard InChI is InChI=1S/C36H55NO2/c1-25(2)10-9-11-26(3)31-16-17-32-30-15-14-28-24-29(18-21-35(28,4)33(30)19-22-36(31,32)5)39-34(38)37-23-20-27-12-7-6-8-13-27/h6-8,12-14,25-26,29-33H,9-11,15-24H2,1-5H3,(H,37,38)/t26-,29+,30+,31-,32+,33+,35+,36-/m1/s1. The molecular weight excluding hydrogens is 478 g/mol. The molecule has 4 aliphatic rings. The second-order valence-electron chi connectivity index (χ2n) is 14.7. The number of hydrogen-bond acceptors (Lipinski definition) is 2. The van der Waals surface area contributed by atoms with Crippen LogP contribution in [0.2, 0.25) is 0 Å². The van der Waals surface area contributed by atoms with Crippen molar-refractivity contribution in [3.8, 4) is 0 Å². The summed E-state index contributed by atoms with van der Waals surface area (Å²) in [5.41, 5.74) is 3.68. The average molecular weight is 534 g/mol. The lowest BCUT2D eigenvalue weighted by Crippen LogP contribution is -2.51. The number of fused-ring (bicyclic) bond motifs is 5. The van der Waals surface area contributed by atoms with E-state index < -0.39 is 0 Å². The number of ether oxygens (including phenoxy) is 1. The van der Waals surface area contributed by atoms with Crippen molar-refractivity contribution in [1.29, 1.82) is 0 Å². The lowest BCUT2D eigenvalue weighted by molar-refractivity contribution is -0.0581. The summed E-state index contributed by atoms with van der Waals surface area (Å²) < 4.78 is 5.94. The number of carbonyl (C=O) groups excluding carboxylic acids is 1. The molecule has 3 nitrogen and oxygen atoms in total. The molecule has 1 amide bonds. The van der Waals surface area contributed by atoms with Crippen LogP contribution >= 0.6 is 0 Å². The zero-order valence-corrected chi connectivity index (χ0v) is 25.5. The molecule has 1 aromatic rings. The molecule has 0 spiro atoms. The zero-order chi connectivity index (χ0) is 27.6. The third-order valence-electron chi connectivity index (χ3n) is 12.1. The molecule has 0 aromatic heterocycles. The second-order valence-corrected chi connectivity index (χ2v) is 14.7. The number of alkyl carbamates (subject to hydrolysis) is 1. The predicted octanol–water partition coefficient (Wildman–Crippen LogP) is 9.37. The van der Waals surface area contributed by atoms with Crippen molar-refractivity contribution in [3.05, 3.63) is 47.5 Å². The molecule has 0 bridgehead atoms. The molecule has 3 heteroatoms. The maximum atomic E-state index is 12.6. The van der Waals surface area contributed by atoms with E-state index in [0.29, 0.717) is 17.4 Å². The molecule has 1 N–H and O–H groups in total. The Kier molecular flexibility index (Phi) is 8.84. The predicted molar refractivity (Wildman–Crippen MR) is 161 cm³/mol. The first-order chi connectivity index (χ1) is 18.7. The van der Waals surface area contributed by atoms with E-state index in [1.54, 1.807) is 5.57 Å². The van der Waals surface area contributed by atoms with Crippen LogP contribution in [-0.2, 0) is 11.2 Å². The number of amides is 1. The van der Waals surface area contributed by atoms with Gasteiger partial charge in [-0.25, -0.2) is 4.79 Å². The number of carbonyl (C=O) groups is 1. The molecule has 0 radical (unpaired) electrons. The third kappa shape index (κ3) is 5.98. The molecule has 0 heterocycles.